The van der Waals surface area contributed by atoms with Crippen LogP contribution >= 0.6 is 0 Å². The zero-order chi connectivity index (χ0) is 13.7. The number of nitrogens with zero attached hydrogens (tertiary/aromatic N) is 1. The lowest BCUT2D eigenvalue weighted by atomic mass is 9.82. The van der Waals surface area contributed by atoms with Gasteiger partial charge in [-0.1, -0.05) is 26.7 Å². The molecular formula is C17H34N2. The van der Waals surface area contributed by atoms with Gasteiger partial charge in [-0.25, -0.2) is 0 Å². The van der Waals surface area contributed by atoms with E-state index in [-0.39, 0.29) is 0 Å². The maximum atomic E-state index is 3.62. The van der Waals surface area contributed by atoms with Crippen molar-refractivity contribution in [2.75, 3.05) is 26.7 Å². The SMILES string of the molecule is CCNCC1(CN(C)C2CCC(C)CC2)CCCC1. The number of hydrogen-bond donors (Lipinski definition) is 1. The lowest BCUT2D eigenvalue weighted by molar-refractivity contribution is 0.104. The Labute approximate surface area is 120 Å². The predicted octanol–water partition coefficient (Wildman–Crippen LogP) is 3.67. The van der Waals surface area contributed by atoms with Gasteiger partial charge in [0.25, 0.3) is 0 Å². The first kappa shape index (κ1) is 15.3. The molecule has 0 radical (unpaired) electrons. The first-order chi connectivity index (χ1) is 9.15. The van der Waals surface area contributed by atoms with E-state index in [4.69, 9.17) is 0 Å². The van der Waals surface area contributed by atoms with Gasteiger partial charge >= 0.3 is 0 Å². The van der Waals surface area contributed by atoms with Gasteiger partial charge in [0.15, 0.2) is 0 Å². The minimum absolute atomic E-state index is 0.577. The molecule has 0 bridgehead atoms. The van der Waals surface area contributed by atoms with Gasteiger partial charge in [0.05, 0.1) is 0 Å². The zero-order valence-corrected chi connectivity index (χ0v) is 13.4. The Kier molecular flexibility index (Phi) is 5.70. The van der Waals surface area contributed by atoms with Crippen LogP contribution in [0.25, 0.3) is 0 Å². The Morgan fingerprint density at radius 2 is 1.74 bits per heavy atom. The van der Waals surface area contributed by atoms with Crippen LogP contribution in [0.2, 0.25) is 0 Å². The van der Waals surface area contributed by atoms with Crippen molar-refractivity contribution < 1.29 is 0 Å². The first-order valence-electron chi connectivity index (χ1n) is 8.56. The Balaban J connectivity index is 1.86. The van der Waals surface area contributed by atoms with Gasteiger partial charge in [-0.05, 0) is 63.5 Å². The Bertz CT molecular complexity index is 250. The van der Waals surface area contributed by atoms with Gasteiger partial charge < -0.3 is 10.2 Å². The average Bonchev–Trinajstić information content (AvgIpc) is 2.86. The molecule has 0 aliphatic heterocycles. The first-order valence-corrected chi connectivity index (χ1v) is 8.56. The van der Waals surface area contributed by atoms with Gasteiger partial charge in [0.1, 0.15) is 0 Å². The van der Waals surface area contributed by atoms with Crippen LogP contribution in [0.4, 0.5) is 0 Å². The van der Waals surface area contributed by atoms with Crippen molar-refractivity contribution in [2.45, 2.75) is 71.3 Å². The lowest BCUT2D eigenvalue weighted by Crippen LogP contribution is -2.45. The molecule has 0 atom stereocenters. The van der Waals surface area contributed by atoms with Crippen LogP contribution in [0.3, 0.4) is 0 Å². The monoisotopic (exact) mass is 266 g/mol. The van der Waals surface area contributed by atoms with E-state index in [9.17, 15) is 0 Å². The van der Waals surface area contributed by atoms with Crippen LogP contribution in [0.15, 0.2) is 0 Å². The fraction of sp³-hybridized carbons (Fsp3) is 1.00. The second-order valence-corrected chi connectivity index (χ2v) is 7.32. The van der Waals surface area contributed by atoms with E-state index in [2.05, 4.69) is 31.1 Å². The highest BCUT2D eigenvalue weighted by Gasteiger charge is 2.36. The van der Waals surface area contributed by atoms with Gasteiger partial charge in [0, 0.05) is 19.1 Å². The fourth-order valence-corrected chi connectivity index (χ4v) is 4.25. The van der Waals surface area contributed by atoms with Crippen LogP contribution in [0.1, 0.15) is 65.2 Å². The molecule has 0 aromatic carbocycles. The second kappa shape index (κ2) is 7.08. The van der Waals surface area contributed by atoms with Crippen LogP contribution < -0.4 is 5.32 Å². The third-order valence-corrected chi connectivity index (χ3v) is 5.61. The number of nitrogens with one attached hydrogen (secondary N) is 1. The third kappa shape index (κ3) is 4.19. The molecular weight excluding hydrogens is 232 g/mol. The molecule has 2 saturated carbocycles. The van der Waals surface area contributed by atoms with Gasteiger partial charge in [-0.2, -0.15) is 0 Å². The molecule has 2 rings (SSSR count). The van der Waals surface area contributed by atoms with Crippen molar-refractivity contribution in [1.82, 2.24) is 10.2 Å². The van der Waals surface area contributed by atoms with Crippen LogP contribution in [-0.2, 0) is 0 Å². The molecule has 2 heteroatoms. The molecule has 2 fully saturated rings. The predicted molar refractivity (Wildman–Crippen MR) is 83.5 cm³/mol. The summed E-state index contributed by atoms with van der Waals surface area (Å²) in [5.41, 5.74) is 0.577. The topological polar surface area (TPSA) is 15.3 Å². The normalized spacial score (nSPS) is 30.9. The standard InChI is InChI=1S/C17H34N2/c1-4-18-13-17(11-5-6-12-17)14-19(3)16-9-7-15(2)8-10-16/h15-16,18H,4-14H2,1-3H3. The molecule has 0 aromatic heterocycles. The van der Waals surface area contributed by atoms with Gasteiger partial charge in [-0.15, -0.1) is 0 Å². The molecule has 0 unspecified atom stereocenters. The summed E-state index contributed by atoms with van der Waals surface area (Å²) in [7, 11) is 2.38. The average molecular weight is 266 g/mol. The highest BCUT2D eigenvalue weighted by atomic mass is 15.1. The van der Waals surface area contributed by atoms with Crippen molar-refractivity contribution in [1.29, 1.82) is 0 Å². The quantitative estimate of drug-likeness (QED) is 0.789. The highest BCUT2D eigenvalue weighted by molar-refractivity contribution is 4.90. The summed E-state index contributed by atoms with van der Waals surface area (Å²) in [6, 6.07) is 0.857. The molecule has 0 amide bonds. The summed E-state index contributed by atoms with van der Waals surface area (Å²) in [6.07, 6.45) is 11.5. The Hall–Kier alpha value is -0.0800. The summed E-state index contributed by atoms with van der Waals surface area (Å²) < 4.78 is 0. The van der Waals surface area contributed by atoms with E-state index >= 15 is 0 Å². The van der Waals surface area contributed by atoms with Crippen molar-refractivity contribution in [3.8, 4) is 0 Å². The van der Waals surface area contributed by atoms with Gasteiger partial charge in [0.2, 0.25) is 0 Å². The lowest BCUT2D eigenvalue weighted by Gasteiger charge is -2.40. The Morgan fingerprint density at radius 3 is 2.32 bits per heavy atom. The molecule has 2 aliphatic carbocycles. The summed E-state index contributed by atoms with van der Waals surface area (Å²) in [4.78, 5) is 2.70. The molecule has 2 nitrogen and oxygen atoms in total. The maximum Gasteiger partial charge on any atom is 0.00926 e. The van der Waals surface area contributed by atoms with E-state index in [0.717, 1.165) is 18.5 Å². The highest BCUT2D eigenvalue weighted by Crippen LogP contribution is 2.39. The van der Waals surface area contributed by atoms with Gasteiger partial charge in [-0.3, -0.25) is 0 Å². The zero-order valence-electron chi connectivity index (χ0n) is 13.4. The molecule has 112 valence electrons. The van der Waals surface area contributed by atoms with Crippen molar-refractivity contribution in [2.24, 2.45) is 11.3 Å². The van der Waals surface area contributed by atoms with E-state index in [0.29, 0.717) is 5.41 Å². The summed E-state index contributed by atoms with van der Waals surface area (Å²) in [6.45, 7) is 8.32. The largest absolute Gasteiger partial charge is 0.316 e. The maximum absolute atomic E-state index is 3.62. The smallest absolute Gasteiger partial charge is 0.00926 e. The van der Waals surface area contributed by atoms with Crippen molar-refractivity contribution >= 4 is 0 Å². The van der Waals surface area contributed by atoms with Crippen LogP contribution in [0, 0.1) is 11.3 Å². The number of rotatable bonds is 6. The molecule has 0 saturated heterocycles. The molecule has 0 aromatic rings. The van der Waals surface area contributed by atoms with E-state index in [1.165, 1.54) is 64.5 Å². The van der Waals surface area contributed by atoms with Crippen molar-refractivity contribution in [3.05, 3.63) is 0 Å². The van der Waals surface area contributed by atoms with Crippen LogP contribution in [0.5, 0.6) is 0 Å². The molecule has 1 N–H and O–H groups in total. The minimum Gasteiger partial charge on any atom is -0.316 e. The van der Waals surface area contributed by atoms with E-state index < -0.39 is 0 Å². The Morgan fingerprint density at radius 1 is 1.11 bits per heavy atom. The van der Waals surface area contributed by atoms with E-state index in [1.807, 2.05) is 0 Å². The third-order valence-electron chi connectivity index (χ3n) is 5.61. The number of hydrogen-bond acceptors (Lipinski definition) is 2. The van der Waals surface area contributed by atoms with Crippen molar-refractivity contribution in [3.63, 3.8) is 0 Å². The summed E-state index contributed by atoms with van der Waals surface area (Å²) >= 11 is 0. The molecule has 2 aliphatic rings. The molecule has 19 heavy (non-hydrogen) atoms. The minimum atomic E-state index is 0.577. The molecule has 0 spiro atoms. The fourth-order valence-electron chi connectivity index (χ4n) is 4.25. The second-order valence-electron chi connectivity index (χ2n) is 7.32. The summed E-state index contributed by atoms with van der Waals surface area (Å²) in [5.74, 6) is 0.965. The van der Waals surface area contributed by atoms with E-state index in [1.54, 1.807) is 0 Å². The van der Waals surface area contributed by atoms with Crippen LogP contribution in [-0.4, -0.2) is 37.6 Å². The molecule has 0 heterocycles. The summed E-state index contributed by atoms with van der Waals surface area (Å²) in [5, 5.41) is 3.62.